The quantitative estimate of drug-likeness (QED) is 0.451. The van der Waals surface area contributed by atoms with Crippen molar-refractivity contribution in [1.29, 1.82) is 0 Å². The van der Waals surface area contributed by atoms with Crippen LogP contribution in [-0.4, -0.2) is 16.8 Å². The van der Waals surface area contributed by atoms with Crippen LogP contribution < -0.4 is 4.57 Å². The number of benzene rings is 2. The second kappa shape index (κ2) is 7.63. The Morgan fingerprint density at radius 1 is 0.857 bits per heavy atom. The minimum absolute atomic E-state index is 0.240. The molecule has 6 nitrogen and oxygen atoms in total. The molecule has 0 aliphatic carbocycles. The Balaban J connectivity index is 2.03. The summed E-state index contributed by atoms with van der Waals surface area (Å²) in [6.45, 7) is 3.34. The van der Waals surface area contributed by atoms with Gasteiger partial charge in [0.25, 0.3) is 5.15 Å². The summed E-state index contributed by atoms with van der Waals surface area (Å²) in [5.41, 5.74) is 1.63. The Morgan fingerprint density at radius 3 is 2.18 bits per heavy atom. The van der Waals surface area contributed by atoms with Crippen LogP contribution in [0.4, 0.5) is 0 Å². The molecular formula is C19H17ClNO5S2+. The standard InChI is InChI=1S/C19H17ClNO5S2/c1-14-6-10-17(11-7-14)27(22,23)26-28(24,25)18-13-16(9-8-15(18)2)21-12-4-3-5-19(21)20/h3-13H,1-2H3/q+1. The van der Waals surface area contributed by atoms with E-state index in [1.165, 1.54) is 18.2 Å². The molecule has 0 aliphatic heterocycles. The lowest BCUT2D eigenvalue weighted by atomic mass is 10.2. The highest BCUT2D eigenvalue weighted by Crippen LogP contribution is 2.24. The van der Waals surface area contributed by atoms with Gasteiger partial charge < -0.3 is 0 Å². The van der Waals surface area contributed by atoms with E-state index < -0.39 is 20.2 Å². The van der Waals surface area contributed by atoms with Crippen molar-refractivity contribution in [2.75, 3.05) is 0 Å². The van der Waals surface area contributed by atoms with Crippen LogP contribution >= 0.6 is 11.6 Å². The molecule has 3 rings (SSSR count). The molecular weight excluding hydrogens is 422 g/mol. The lowest BCUT2D eigenvalue weighted by Crippen LogP contribution is -2.31. The number of halogens is 1. The van der Waals surface area contributed by atoms with E-state index in [0.717, 1.165) is 5.56 Å². The lowest BCUT2D eigenvalue weighted by Gasteiger charge is -2.09. The highest BCUT2D eigenvalue weighted by molar-refractivity contribution is 8.00. The maximum Gasteiger partial charge on any atom is 0.312 e. The Labute approximate surface area is 169 Å². The fourth-order valence-electron chi connectivity index (χ4n) is 2.54. The number of rotatable bonds is 5. The molecule has 1 heterocycles. The number of aromatic nitrogens is 1. The Kier molecular flexibility index (Phi) is 5.58. The summed E-state index contributed by atoms with van der Waals surface area (Å²) >= 11 is 6.15. The van der Waals surface area contributed by atoms with Crippen LogP contribution in [0, 0.1) is 13.8 Å². The molecule has 0 saturated heterocycles. The number of pyridine rings is 1. The Morgan fingerprint density at radius 2 is 1.54 bits per heavy atom. The van der Waals surface area contributed by atoms with Gasteiger partial charge in [0, 0.05) is 24.3 Å². The molecule has 28 heavy (non-hydrogen) atoms. The van der Waals surface area contributed by atoms with Gasteiger partial charge in [-0.1, -0.05) is 23.8 Å². The topological polar surface area (TPSA) is 81.4 Å². The molecule has 0 amide bonds. The summed E-state index contributed by atoms with van der Waals surface area (Å²) in [7, 11) is -9.10. The van der Waals surface area contributed by atoms with Crippen molar-refractivity contribution < 1.29 is 25.0 Å². The average molecular weight is 439 g/mol. The third-order valence-electron chi connectivity index (χ3n) is 4.02. The van der Waals surface area contributed by atoms with Crippen LogP contribution in [0.3, 0.4) is 0 Å². The highest BCUT2D eigenvalue weighted by Gasteiger charge is 2.29. The van der Waals surface area contributed by atoms with Gasteiger partial charge >= 0.3 is 20.2 Å². The van der Waals surface area contributed by atoms with Crippen molar-refractivity contribution in [3.05, 3.63) is 83.1 Å². The predicted molar refractivity (Wildman–Crippen MR) is 104 cm³/mol. The van der Waals surface area contributed by atoms with Crippen LogP contribution in [0.25, 0.3) is 5.69 Å². The van der Waals surface area contributed by atoms with Crippen LogP contribution in [0.1, 0.15) is 11.1 Å². The zero-order chi connectivity index (χ0) is 20.5. The van der Waals surface area contributed by atoms with Crippen molar-refractivity contribution in [2.45, 2.75) is 23.6 Å². The second-order valence-electron chi connectivity index (χ2n) is 6.13. The van der Waals surface area contributed by atoms with Gasteiger partial charge in [0.15, 0.2) is 6.20 Å². The summed E-state index contributed by atoms with van der Waals surface area (Å²) in [5, 5.41) is 0.364. The van der Waals surface area contributed by atoms with Gasteiger partial charge in [0.1, 0.15) is 4.90 Å². The summed E-state index contributed by atoms with van der Waals surface area (Å²) in [6, 6.07) is 15.4. The van der Waals surface area contributed by atoms with E-state index in [0.29, 0.717) is 16.4 Å². The number of aryl methyl sites for hydroxylation is 2. The van der Waals surface area contributed by atoms with Gasteiger partial charge in [-0.2, -0.15) is 21.4 Å². The van der Waals surface area contributed by atoms with Crippen molar-refractivity contribution in [1.82, 2.24) is 0 Å². The lowest BCUT2D eigenvalue weighted by molar-refractivity contribution is -0.593. The van der Waals surface area contributed by atoms with Gasteiger partial charge in [-0.05, 0) is 49.2 Å². The zero-order valence-electron chi connectivity index (χ0n) is 15.0. The Bertz CT molecular complexity index is 1240. The molecule has 0 saturated carbocycles. The normalized spacial score (nSPS) is 12.1. The van der Waals surface area contributed by atoms with Crippen molar-refractivity contribution in [3.8, 4) is 5.69 Å². The number of nitrogens with zero attached hydrogens (tertiary/aromatic N) is 1. The number of hydrogen-bond acceptors (Lipinski definition) is 5. The molecule has 9 heteroatoms. The minimum atomic E-state index is -4.59. The molecule has 3 aromatic rings. The summed E-state index contributed by atoms with van der Waals surface area (Å²) in [6.07, 6.45) is 1.66. The van der Waals surface area contributed by atoms with E-state index in [-0.39, 0.29) is 9.79 Å². The highest BCUT2D eigenvalue weighted by atomic mass is 35.5. The summed E-state index contributed by atoms with van der Waals surface area (Å²) in [5.74, 6) is 0. The van der Waals surface area contributed by atoms with E-state index in [9.17, 15) is 16.8 Å². The summed E-state index contributed by atoms with van der Waals surface area (Å²) in [4.78, 5) is -0.496. The molecule has 0 radical (unpaired) electrons. The summed E-state index contributed by atoms with van der Waals surface area (Å²) < 4.78 is 56.5. The van der Waals surface area contributed by atoms with Gasteiger partial charge in [0.05, 0.1) is 4.90 Å². The average Bonchev–Trinajstić information content (AvgIpc) is 2.62. The third-order valence-corrected chi connectivity index (χ3v) is 7.59. The fraction of sp³-hybridized carbons (Fsp3) is 0.105. The smallest absolute Gasteiger partial charge is 0.193 e. The molecule has 2 aromatic carbocycles. The maximum absolute atomic E-state index is 12.7. The van der Waals surface area contributed by atoms with E-state index in [1.807, 2.05) is 0 Å². The molecule has 0 N–H and O–H groups in total. The van der Waals surface area contributed by atoms with Crippen LogP contribution in [0.5, 0.6) is 0 Å². The molecule has 0 spiro atoms. The first kappa shape index (κ1) is 20.5. The molecule has 0 unspecified atom stereocenters. The fourth-order valence-corrected chi connectivity index (χ4v) is 5.51. The molecule has 0 aliphatic rings. The first-order chi connectivity index (χ1) is 13.1. The SMILES string of the molecule is Cc1ccc(S(=O)(=O)OS(=O)(=O)c2cc(-[n+]3ccccc3Cl)ccc2C)cc1. The zero-order valence-corrected chi connectivity index (χ0v) is 17.4. The molecule has 0 fully saturated rings. The van der Waals surface area contributed by atoms with Gasteiger partial charge in [-0.25, -0.2) is 0 Å². The van der Waals surface area contributed by atoms with Gasteiger partial charge in [-0.3, -0.25) is 0 Å². The van der Waals surface area contributed by atoms with Crippen LogP contribution in [-0.2, 0) is 23.9 Å². The van der Waals surface area contributed by atoms with Crippen molar-refractivity contribution in [2.24, 2.45) is 0 Å². The largest absolute Gasteiger partial charge is 0.312 e. The van der Waals surface area contributed by atoms with Crippen LogP contribution in [0.15, 0.2) is 76.7 Å². The minimum Gasteiger partial charge on any atom is -0.193 e. The monoisotopic (exact) mass is 438 g/mol. The maximum atomic E-state index is 12.7. The number of hydrogen-bond donors (Lipinski definition) is 0. The first-order valence-electron chi connectivity index (χ1n) is 8.15. The molecule has 0 atom stereocenters. The Hall–Kier alpha value is -2.26. The van der Waals surface area contributed by atoms with E-state index >= 15 is 0 Å². The third kappa shape index (κ3) is 4.25. The molecule has 0 bridgehead atoms. The van der Waals surface area contributed by atoms with Gasteiger partial charge in [-0.15, -0.1) is 3.63 Å². The van der Waals surface area contributed by atoms with E-state index in [2.05, 4.69) is 3.63 Å². The predicted octanol–water partition coefficient (Wildman–Crippen LogP) is 3.33. The van der Waals surface area contributed by atoms with Crippen molar-refractivity contribution >= 4 is 31.8 Å². The van der Waals surface area contributed by atoms with Crippen LogP contribution in [0.2, 0.25) is 5.15 Å². The van der Waals surface area contributed by atoms with Crippen molar-refractivity contribution in [3.63, 3.8) is 0 Å². The first-order valence-corrected chi connectivity index (χ1v) is 11.3. The van der Waals surface area contributed by atoms with E-state index in [4.69, 9.17) is 11.6 Å². The second-order valence-corrected chi connectivity index (χ2v) is 9.79. The van der Waals surface area contributed by atoms with E-state index in [1.54, 1.807) is 67.1 Å². The van der Waals surface area contributed by atoms with Gasteiger partial charge in [0.2, 0.25) is 5.69 Å². The molecule has 1 aromatic heterocycles. The molecule has 146 valence electrons.